The van der Waals surface area contributed by atoms with Crippen LogP contribution in [-0.2, 0) is 32.8 Å². The molecule has 0 bridgehead atoms. The average Bonchev–Trinajstić information content (AvgIpc) is 2.84. The molecular formula is C13H17NO5S. The van der Waals surface area contributed by atoms with Gasteiger partial charge in [0.2, 0.25) is 10.0 Å². The number of ether oxygens (including phenoxy) is 1. The molecule has 20 heavy (non-hydrogen) atoms. The molecule has 110 valence electrons. The molecule has 0 unspecified atom stereocenters. The minimum Gasteiger partial charge on any atom is -0.480 e. The molecule has 0 saturated heterocycles. The summed E-state index contributed by atoms with van der Waals surface area (Å²) in [5.41, 5.74) is 1.82. The second-order valence-corrected chi connectivity index (χ2v) is 6.59. The SMILES string of the molecule is CCCN(CC(=O)O)S(=O)(=O)c1ccc2c(c1)COC2. The van der Waals surface area contributed by atoms with Crippen LogP contribution in [0.2, 0.25) is 0 Å². The first-order valence-electron chi connectivity index (χ1n) is 6.36. The quantitative estimate of drug-likeness (QED) is 0.853. The predicted octanol–water partition coefficient (Wildman–Crippen LogP) is 1.20. The highest BCUT2D eigenvalue weighted by Crippen LogP contribution is 2.25. The van der Waals surface area contributed by atoms with E-state index in [9.17, 15) is 13.2 Å². The lowest BCUT2D eigenvalue weighted by atomic mass is 10.1. The lowest BCUT2D eigenvalue weighted by Crippen LogP contribution is -2.36. The van der Waals surface area contributed by atoms with Gasteiger partial charge in [0.15, 0.2) is 0 Å². The zero-order valence-electron chi connectivity index (χ0n) is 11.2. The van der Waals surface area contributed by atoms with Crippen molar-refractivity contribution >= 4 is 16.0 Å². The van der Waals surface area contributed by atoms with Crippen molar-refractivity contribution in [2.45, 2.75) is 31.5 Å². The lowest BCUT2D eigenvalue weighted by molar-refractivity contribution is -0.137. The highest BCUT2D eigenvalue weighted by molar-refractivity contribution is 7.89. The normalized spacial score (nSPS) is 14.5. The van der Waals surface area contributed by atoms with Gasteiger partial charge in [-0.05, 0) is 29.7 Å². The number of benzene rings is 1. The topological polar surface area (TPSA) is 83.9 Å². The van der Waals surface area contributed by atoms with E-state index < -0.39 is 22.5 Å². The van der Waals surface area contributed by atoms with Crippen LogP contribution < -0.4 is 0 Å². The molecule has 1 aliphatic heterocycles. The van der Waals surface area contributed by atoms with Crippen molar-refractivity contribution in [3.63, 3.8) is 0 Å². The van der Waals surface area contributed by atoms with Crippen molar-refractivity contribution in [1.82, 2.24) is 4.31 Å². The molecule has 6 nitrogen and oxygen atoms in total. The Morgan fingerprint density at radius 1 is 1.35 bits per heavy atom. The van der Waals surface area contributed by atoms with E-state index in [0.29, 0.717) is 19.6 Å². The Kier molecular flexibility index (Phi) is 4.42. The zero-order chi connectivity index (χ0) is 14.8. The molecular weight excluding hydrogens is 282 g/mol. The van der Waals surface area contributed by atoms with Gasteiger partial charge in [-0.15, -0.1) is 0 Å². The molecule has 0 saturated carbocycles. The number of nitrogens with zero attached hydrogens (tertiary/aromatic N) is 1. The van der Waals surface area contributed by atoms with E-state index in [1.54, 1.807) is 19.1 Å². The number of carbonyl (C=O) groups is 1. The van der Waals surface area contributed by atoms with E-state index in [1.165, 1.54) is 6.07 Å². The third-order valence-electron chi connectivity index (χ3n) is 3.12. The number of aliphatic carboxylic acids is 1. The van der Waals surface area contributed by atoms with Gasteiger partial charge < -0.3 is 9.84 Å². The fourth-order valence-corrected chi connectivity index (χ4v) is 3.68. The second-order valence-electron chi connectivity index (χ2n) is 4.66. The number of hydrogen-bond acceptors (Lipinski definition) is 4. The molecule has 1 heterocycles. The molecule has 0 fully saturated rings. The van der Waals surface area contributed by atoms with E-state index in [0.717, 1.165) is 15.4 Å². The third kappa shape index (κ3) is 3.00. The van der Waals surface area contributed by atoms with E-state index >= 15 is 0 Å². The first kappa shape index (κ1) is 15.0. The largest absolute Gasteiger partial charge is 0.480 e. The molecule has 1 N–H and O–H groups in total. The molecule has 0 amide bonds. The predicted molar refractivity (Wildman–Crippen MR) is 71.6 cm³/mol. The smallest absolute Gasteiger partial charge is 0.318 e. The van der Waals surface area contributed by atoms with Crippen molar-refractivity contribution in [2.75, 3.05) is 13.1 Å². The minimum atomic E-state index is -3.78. The van der Waals surface area contributed by atoms with E-state index in [4.69, 9.17) is 9.84 Å². The number of fused-ring (bicyclic) bond motifs is 1. The summed E-state index contributed by atoms with van der Waals surface area (Å²) in [6, 6.07) is 4.80. The highest BCUT2D eigenvalue weighted by Gasteiger charge is 2.27. The average molecular weight is 299 g/mol. The zero-order valence-corrected chi connectivity index (χ0v) is 12.0. The molecule has 0 spiro atoms. The molecule has 1 aromatic carbocycles. The monoisotopic (exact) mass is 299 g/mol. The van der Waals surface area contributed by atoms with Crippen LogP contribution in [0.3, 0.4) is 0 Å². The van der Waals surface area contributed by atoms with Crippen molar-refractivity contribution in [1.29, 1.82) is 0 Å². The number of rotatable bonds is 6. The van der Waals surface area contributed by atoms with Gasteiger partial charge in [0.25, 0.3) is 0 Å². The molecule has 0 aromatic heterocycles. The fraction of sp³-hybridized carbons (Fsp3) is 0.462. The second kappa shape index (κ2) is 5.90. The van der Waals surface area contributed by atoms with Crippen molar-refractivity contribution in [2.24, 2.45) is 0 Å². The van der Waals surface area contributed by atoms with Crippen molar-refractivity contribution in [3.05, 3.63) is 29.3 Å². The van der Waals surface area contributed by atoms with Crippen LogP contribution >= 0.6 is 0 Å². The summed E-state index contributed by atoms with van der Waals surface area (Å²) in [4.78, 5) is 10.9. The van der Waals surface area contributed by atoms with Crippen LogP contribution in [0.4, 0.5) is 0 Å². The number of hydrogen-bond donors (Lipinski definition) is 1. The van der Waals surface area contributed by atoms with Gasteiger partial charge in [-0.25, -0.2) is 8.42 Å². The molecule has 2 rings (SSSR count). The molecule has 0 aliphatic carbocycles. The summed E-state index contributed by atoms with van der Waals surface area (Å²) in [6.07, 6.45) is 0.556. The highest BCUT2D eigenvalue weighted by atomic mass is 32.2. The van der Waals surface area contributed by atoms with Crippen LogP contribution in [0.5, 0.6) is 0 Å². The Morgan fingerprint density at radius 3 is 2.70 bits per heavy atom. The third-order valence-corrected chi connectivity index (χ3v) is 4.96. The summed E-state index contributed by atoms with van der Waals surface area (Å²) < 4.78 is 31.2. The molecule has 0 radical (unpaired) electrons. The number of carboxylic acids is 1. The Labute approximate surface area is 118 Å². The van der Waals surface area contributed by atoms with Gasteiger partial charge in [-0.1, -0.05) is 13.0 Å². The molecule has 1 aromatic rings. The Balaban J connectivity index is 2.34. The van der Waals surface area contributed by atoms with Gasteiger partial charge in [0.1, 0.15) is 6.54 Å². The fourth-order valence-electron chi connectivity index (χ4n) is 2.14. The van der Waals surface area contributed by atoms with Crippen molar-refractivity contribution < 1.29 is 23.1 Å². The minimum absolute atomic E-state index is 0.122. The number of sulfonamides is 1. The van der Waals surface area contributed by atoms with Crippen LogP contribution in [0.25, 0.3) is 0 Å². The Hall–Kier alpha value is -1.44. The first-order chi connectivity index (χ1) is 9.45. The Morgan fingerprint density at radius 2 is 2.05 bits per heavy atom. The van der Waals surface area contributed by atoms with Gasteiger partial charge in [0, 0.05) is 6.54 Å². The van der Waals surface area contributed by atoms with E-state index in [-0.39, 0.29) is 11.4 Å². The molecule has 7 heteroatoms. The summed E-state index contributed by atoms with van der Waals surface area (Å²) in [5.74, 6) is -1.16. The lowest BCUT2D eigenvalue weighted by Gasteiger charge is -2.20. The Bertz CT molecular complexity index is 611. The maximum atomic E-state index is 12.5. The summed E-state index contributed by atoms with van der Waals surface area (Å²) in [6.45, 7) is 2.35. The summed E-state index contributed by atoms with van der Waals surface area (Å²) >= 11 is 0. The molecule has 1 aliphatic rings. The maximum Gasteiger partial charge on any atom is 0.318 e. The number of carboxylic acid groups (broad SMARTS) is 1. The van der Waals surface area contributed by atoms with Crippen LogP contribution in [0.1, 0.15) is 24.5 Å². The van der Waals surface area contributed by atoms with E-state index in [1.807, 2.05) is 0 Å². The summed E-state index contributed by atoms with van der Waals surface area (Å²) in [5, 5.41) is 8.85. The standard InChI is InChI=1S/C13H17NO5S/c1-2-5-14(7-13(15)16)20(17,18)12-4-3-10-8-19-9-11(10)6-12/h3-4,6H,2,5,7-9H2,1H3,(H,15,16). The molecule has 0 atom stereocenters. The van der Waals surface area contributed by atoms with Crippen LogP contribution in [-0.4, -0.2) is 36.9 Å². The van der Waals surface area contributed by atoms with Crippen LogP contribution in [0.15, 0.2) is 23.1 Å². The maximum absolute atomic E-state index is 12.5. The van der Waals surface area contributed by atoms with Gasteiger partial charge in [0.05, 0.1) is 18.1 Å². The van der Waals surface area contributed by atoms with Gasteiger partial charge >= 0.3 is 5.97 Å². The summed E-state index contributed by atoms with van der Waals surface area (Å²) in [7, 11) is -3.78. The van der Waals surface area contributed by atoms with Gasteiger partial charge in [-0.2, -0.15) is 4.31 Å². The first-order valence-corrected chi connectivity index (χ1v) is 7.80. The van der Waals surface area contributed by atoms with Gasteiger partial charge in [-0.3, -0.25) is 4.79 Å². The van der Waals surface area contributed by atoms with Crippen LogP contribution in [0, 0.1) is 0 Å². The van der Waals surface area contributed by atoms with E-state index in [2.05, 4.69) is 0 Å². The van der Waals surface area contributed by atoms with Crippen molar-refractivity contribution in [3.8, 4) is 0 Å².